The topological polar surface area (TPSA) is 83.8 Å². The van der Waals surface area contributed by atoms with Crippen LogP contribution in [-0.4, -0.2) is 28.4 Å². The van der Waals surface area contributed by atoms with E-state index in [4.69, 9.17) is 14.8 Å². The summed E-state index contributed by atoms with van der Waals surface area (Å²) in [4.78, 5) is 20.7. The standard InChI is InChI=1S/C26H18BrN5O2S/c27-18-7-8-21-20(11-18)17(12-28-21)13-29-32-23(15-35-26(32)30-19-4-2-1-3-5-19)16-6-9-24-22(10-16)31-25(33)14-34-24/h1-13,15,28H,14H2,(H,31,33). The molecule has 172 valence electrons. The molecular weight excluding hydrogens is 526 g/mol. The van der Waals surface area contributed by atoms with Crippen LogP contribution >= 0.6 is 27.3 Å². The molecule has 0 fully saturated rings. The molecule has 0 unspecified atom stereocenters. The van der Waals surface area contributed by atoms with Gasteiger partial charge in [0.1, 0.15) is 5.75 Å². The summed E-state index contributed by atoms with van der Waals surface area (Å²) in [5, 5.41) is 10.8. The molecule has 2 N–H and O–H groups in total. The lowest BCUT2D eigenvalue weighted by molar-refractivity contribution is -0.118. The van der Waals surface area contributed by atoms with Crippen molar-refractivity contribution < 1.29 is 9.53 Å². The van der Waals surface area contributed by atoms with Crippen molar-refractivity contribution in [2.24, 2.45) is 10.1 Å². The van der Waals surface area contributed by atoms with Crippen LogP contribution in [0.5, 0.6) is 5.75 Å². The van der Waals surface area contributed by atoms with Gasteiger partial charge in [-0.15, -0.1) is 11.3 Å². The molecule has 3 heterocycles. The summed E-state index contributed by atoms with van der Waals surface area (Å²) in [5.74, 6) is 0.480. The Balaban J connectivity index is 1.48. The van der Waals surface area contributed by atoms with Gasteiger partial charge in [-0.25, -0.2) is 9.67 Å². The van der Waals surface area contributed by atoms with E-state index in [1.165, 1.54) is 11.3 Å². The van der Waals surface area contributed by atoms with Crippen molar-refractivity contribution in [2.75, 3.05) is 11.9 Å². The highest BCUT2D eigenvalue weighted by molar-refractivity contribution is 9.10. The predicted octanol–water partition coefficient (Wildman–Crippen LogP) is 5.91. The normalized spacial score (nSPS) is 13.7. The van der Waals surface area contributed by atoms with Gasteiger partial charge in [-0.05, 0) is 48.5 Å². The van der Waals surface area contributed by atoms with E-state index in [2.05, 4.69) is 32.3 Å². The van der Waals surface area contributed by atoms with E-state index < -0.39 is 0 Å². The zero-order valence-corrected chi connectivity index (χ0v) is 20.6. The van der Waals surface area contributed by atoms with Gasteiger partial charge in [-0.3, -0.25) is 4.79 Å². The number of hydrogen-bond donors (Lipinski definition) is 2. The third kappa shape index (κ3) is 4.31. The highest BCUT2D eigenvalue weighted by Gasteiger charge is 2.18. The summed E-state index contributed by atoms with van der Waals surface area (Å²) in [6, 6.07) is 21.6. The number of rotatable bonds is 4. The number of benzene rings is 3. The van der Waals surface area contributed by atoms with Crippen LogP contribution in [0.2, 0.25) is 0 Å². The largest absolute Gasteiger partial charge is 0.482 e. The number of fused-ring (bicyclic) bond motifs is 2. The Morgan fingerprint density at radius 3 is 2.86 bits per heavy atom. The zero-order valence-electron chi connectivity index (χ0n) is 18.2. The monoisotopic (exact) mass is 543 g/mol. The molecule has 2 aromatic heterocycles. The molecule has 0 atom stereocenters. The highest BCUT2D eigenvalue weighted by Crippen LogP contribution is 2.33. The van der Waals surface area contributed by atoms with Crippen LogP contribution in [0.4, 0.5) is 11.4 Å². The van der Waals surface area contributed by atoms with Crippen molar-refractivity contribution in [1.29, 1.82) is 0 Å². The average molecular weight is 544 g/mol. The van der Waals surface area contributed by atoms with Gasteiger partial charge in [0.15, 0.2) is 6.61 Å². The number of aromatic amines is 1. The minimum Gasteiger partial charge on any atom is -0.482 e. The number of nitrogens with zero attached hydrogens (tertiary/aromatic N) is 3. The number of anilines is 1. The summed E-state index contributed by atoms with van der Waals surface area (Å²) in [6.07, 6.45) is 3.77. The summed E-state index contributed by atoms with van der Waals surface area (Å²) >= 11 is 5.04. The molecule has 5 aromatic rings. The quantitative estimate of drug-likeness (QED) is 0.276. The van der Waals surface area contributed by atoms with Gasteiger partial charge >= 0.3 is 0 Å². The average Bonchev–Trinajstić information content (AvgIpc) is 3.46. The minimum atomic E-state index is -0.170. The molecule has 1 aliphatic heterocycles. The zero-order chi connectivity index (χ0) is 23.8. The second-order valence-corrected chi connectivity index (χ2v) is 9.64. The van der Waals surface area contributed by atoms with Gasteiger partial charge in [0.2, 0.25) is 4.80 Å². The number of carbonyl (C=O) groups is 1. The van der Waals surface area contributed by atoms with E-state index in [1.807, 2.05) is 83.1 Å². The molecule has 0 spiro atoms. The summed E-state index contributed by atoms with van der Waals surface area (Å²) in [6.45, 7) is 0.0237. The third-order valence-electron chi connectivity index (χ3n) is 5.56. The highest BCUT2D eigenvalue weighted by atomic mass is 79.9. The Morgan fingerprint density at radius 2 is 1.97 bits per heavy atom. The first-order valence-electron chi connectivity index (χ1n) is 10.8. The molecule has 0 saturated carbocycles. The van der Waals surface area contributed by atoms with E-state index in [0.29, 0.717) is 11.4 Å². The predicted molar refractivity (Wildman–Crippen MR) is 143 cm³/mol. The molecule has 1 aliphatic rings. The van der Waals surface area contributed by atoms with Gasteiger partial charge in [0.25, 0.3) is 5.91 Å². The lowest BCUT2D eigenvalue weighted by Crippen LogP contribution is -2.25. The van der Waals surface area contributed by atoms with Gasteiger partial charge in [0, 0.05) is 38.1 Å². The second-order valence-electron chi connectivity index (χ2n) is 7.89. The van der Waals surface area contributed by atoms with E-state index in [0.717, 1.165) is 42.7 Å². The number of thiazole rings is 1. The number of nitrogens with one attached hydrogen (secondary N) is 2. The molecule has 7 nitrogen and oxygen atoms in total. The first-order chi connectivity index (χ1) is 17.1. The molecule has 9 heteroatoms. The van der Waals surface area contributed by atoms with Crippen LogP contribution in [0.25, 0.3) is 22.2 Å². The van der Waals surface area contributed by atoms with Crippen molar-refractivity contribution in [3.8, 4) is 17.0 Å². The molecule has 0 saturated heterocycles. The number of aromatic nitrogens is 2. The van der Waals surface area contributed by atoms with Crippen molar-refractivity contribution in [3.05, 3.63) is 93.1 Å². The number of hydrogen-bond acceptors (Lipinski definition) is 5. The number of para-hydroxylation sites is 1. The molecule has 0 bridgehead atoms. The molecule has 0 aliphatic carbocycles. The fourth-order valence-corrected chi connectivity index (χ4v) is 5.10. The lowest BCUT2D eigenvalue weighted by atomic mass is 10.1. The number of ether oxygens (including phenoxy) is 1. The summed E-state index contributed by atoms with van der Waals surface area (Å²) < 4.78 is 8.34. The van der Waals surface area contributed by atoms with E-state index in [-0.39, 0.29) is 12.5 Å². The van der Waals surface area contributed by atoms with Crippen LogP contribution in [0.1, 0.15) is 5.56 Å². The molecular formula is C26H18BrN5O2S. The lowest BCUT2D eigenvalue weighted by Gasteiger charge is -2.18. The van der Waals surface area contributed by atoms with Gasteiger partial charge < -0.3 is 15.0 Å². The fraction of sp³-hybridized carbons (Fsp3) is 0.0385. The Labute approximate surface area is 212 Å². The van der Waals surface area contributed by atoms with E-state index in [1.54, 1.807) is 0 Å². The van der Waals surface area contributed by atoms with Crippen LogP contribution in [0, 0.1) is 0 Å². The maximum Gasteiger partial charge on any atom is 0.262 e. The SMILES string of the molecule is O=C1COc2ccc(-c3csc(=Nc4ccccc4)n3N=Cc3c[nH]c4ccc(Br)cc34)cc2N1. The first kappa shape index (κ1) is 21.6. The molecule has 6 rings (SSSR count). The van der Waals surface area contributed by atoms with Gasteiger partial charge in [-0.2, -0.15) is 5.10 Å². The van der Waals surface area contributed by atoms with Crippen molar-refractivity contribution >= 4 is 61.7 Å². The first-order valence-corrected chi connectivity index (χ1v) is 12.5. The molecule has 0 radical (unpaired) electrons. The van der Waals surface area contributed by atoms with Crippen molar-refractivity contribution in [2.45, 2.75) is 0 Å². The Bertz CT molecular complexity index is 1670. The van der Waals surface area contributed by atoms with Crippen LogP contribution < -0.4 is 14.9 Å². The maximum absolute atomic E-state index is 11.8. The Kier molecular flexibility index (Phi) is 5.55. The van der Waals surface area contributed by atoms with Crippen molar-refractivity contribution in [1.82, 2.24) is 9.66 Å². The number of amides is 1. The van der Waals surface area contributed by atoms with Crippen molar-refractivity contribution in [3.63, 3.8) is 0 Å². The summed E-state index contributed by atoms with van der Waals surface area (Å²) in [5.41, 5.74) is 5.21. The third-order valence-corrected chi connectivity index (χ3v) is 6.87. The minimum absolute atomic E-state index is 0.0237. The number of halogens is 1. The maximum atomic E-state index is 11.8. The molecule has 35 heavy (non-hydrogen) atoms. The van der Waals surface area contributed by atoms with Gasteiger partial charge in [-0.1, -0.05) is 34.1 Å². The second kappa shape index (κ2) is 9.01. The van der Waals surface area contributed by atoms with E-state index in [9.17, 15) is 4.79 Å². The molecule has 3 aromatic carbocycles. The van der Waals surface area contributed by atoms with Crippen LogP contribution in [-0.2, 0) is 4.79 Å². The van der Waals surface area contributed by atoms with E-state index >= 15 is 0 Å². The van der Waals surface area contributed by atoms with Crippen LogP contribution in [0.3, 0.4) is 0 Å². The number of H-pyrrole nitrogens is 1. The smallest absolute Gasteiger partial charge is 0.262 e. The Morgan fingerprint density at radius 1 is 1.09 bits per heavy atom. The number of carbonyl (C=O) groups excluding carboxylic acids is 1. The van der Waals surface area contributed by atoms with Crippen LogP contribution in [0.15, 0.2) is 92.9 Å². The summed E-state index contributed by atoms with van der Waals surface area (Å²) in [7, 11) is 0. The molecule has 1 amide bonds. The fourth-order valence-electron chi connectivity index (χ4n) is 3.88. The van der Waals surface area contributed by atoms with Gasteiger partial charge in [0.05, 0.1) is 23.3 Å². The Hall–Kier alpha value is -3.95.